The van der Waals surface area contributed by atoms with Crippen LogP contribution in [0.3, 0.4) is 0 Å². The van der Waals surface area contributed by atoms with Crippen LogP contribution in [0.15, 0.2) is 12.1 Å². The largest absolute Gasteiger partial charge is 0.491 e. The van der Waals surface area contributed by atoms with Gasteiger partial charge in [0.25, 0.3) is 0 Å². The Morgan fingerprint density at radius 2 is 2.00 bits per heavy atom. The molecular formula is C14H21Cl2NO. The van der Waals surface area contributed by atoms with Gasteiger partial charge in [-0.1, -0.05) is 50.4 Å². The summed E-state index contributed by atoms with van der Waals surface area (Å²) in [7, 11) is 0. The van der Waals surface area contributed by atoms with E-state index in [1.54, 1.807) is 6.07 Å². The van der Waals surface area contributed by atoms with E-state index in [0.29, 0.717) is 29.1 Å². The van der Waals surface area contributed by atoms with E-state index in [2.05, 4.69) is 26.1 Å². The highest BCUT2D eigenvalue weighted by Crippen LogP contribution is 2.32. The Labute approximate surface area is 120 Å². The lowest BCUT2D eigenvalue weighted by molar-refractivity contribution is 0.254. The highest BCUT2D eigenvalue weighted by atomic mass is 35.5. The number of halogens is 2. The van der Waals surface area contributed by atoms with Gasteiger partial charge < -0.3 is 10.1 Å². The molecule has 0 fully saturated rings. The van der Waals surface area contributed by atoms with Crippen LogP contribution in [0, 0.1) is 5.92 Å². The van der Waals surface area contributed by atoms with Gasteiger partial charge >= 0.3 is 0 Å². The molecule has 1 aromatic carbocycles. The van der Waals surface area contributed by atoms with Gasteiger partial charge in [-0.05, 0) is 24.6 Å². The second-order valence-corrected chi connectivity index (χ2v) is 5.32. The van der Waals surface area contributed by atoms with Crippen LogP contribution < -0.4 is 10.1 Å². The van der Waals surface area contributed by atoms with Gasteiger partial charge in [0.15, 0.2) is 0 Å². The molecule has 4 heteroatoms. The van der Waals surface area contributed by atoms with Crippen molar-refractivity contribution in [1.82, 2.24) is 5.32 Å². The predicted octanol–water partition coefficient (Wildman–Crippen LogP) is 4.53. The Hall–Kier alpha value is -0.440. The van der Waals surface area contributed by atoms with Crippen molar-refractivity contribution in [2.75, 3.05) is 13.2 Å². The van der Waals surface area contributed by atoms with Gasteiger partial charge in [-0.15, -0.1) is 0 Å². The summed E-state index contributed by atoms with van der Waals surface area (Å²) in [5.41, 5.74) is 1.01. The molecule has 0 aromatic heterocycles. The molecule has 0 aliphatic heterocycles. The highest BCUT2D eigenvalue weighted by molar-refractivity contribution is 6.35. The van der Waals surface area contributed by atoms with Crippen molar-refractivity contribution < 1.29 is 4.74 Å². The molecule has 1 unspecified atom stereocenters. The van der Waals surface area contributed by atoms with Crippen LogP contribution in [0.1, 0.15) is 32.8 Å². The summed E-state index contributed by atoms with van der Waals surface area (Å²) in [4.78, 5) is 0. The zero-order valence-electron chi connectivity index (χ0n) is 11.2. The molecule has 18 heavy (non-hydrogen) atoms. The number of nitrogens with one attached hydrogen (secondary N) is 1. The first kappa shape index (κ1) is 15.6. The summed E-state index contributed by atoms with van der Waals surface area (Å²) in [5, 5.41) is 4.49. The van der Waals surface area contributed by atoms with E-state index >= 15 is 0 Å². The van der Waals surface area contributed by atoms with Crippen LogP contribution in [0.4, 0.5) is 0 Å². The van der Waals surface area contributed by atoms with E-state index in [1.165, 1.54) is 0 Å². The smallest absolute Gasteiger partial charge is 0.142 e. The van der Waals surface area contributed by atoms with Crippen molar-refractivity contribution in [3.05, 3.63) is 27.7 Å². The molecule has 0 heterocycles. The monoisotopic (exact) mass is 289 g/mol. The minimum absolute atomic E-state index is 0.517. The van der Waals surface area contributed by atoms with Crippen LogP contribution in [0.5, 0.6) is 5.75 Å². The first-order valence-corrected chi connectivity index (χ1v) is 7.15. The summed E-state index contributed by atoms with van der Waals surface area (Å²) >= 11 is 12.2. The molecule has 2 nitrogen and oxygen atoms in total. The molecule has 0 radical (unpaired) electrons. The molecular weight excluding hydrogens is 269 g/mol. The van der Waals surface area contributed by atoms with E-state index in [4.69, 9.17) is 27.9 Å². The van der Waals surface area contributed by atoms with E-state index in [9.17, 15) is 0 Å². The minimum Gasteiger partial charge on any atom is -0.491 e. The maximum Gasteiger partial charge on any atom is 0.142 e. The molecule has 1 N–H and O–H groups in total. The third-order valence-corrected chi connectivity index (χ3v) is 3.36. The first-order valence-electron chi connectivity index (χ1n) is 6.39. The van der Waals surface area contributed by atoms with Crippen molar-refractivity contribution >= 4 is 23.2 Å². The van der Waals surface area contributed by atoms with Gasteiger partial charge in [0.1, 0.15) is 5.75 Å². The van der Waals surface area contributed by atoms with E-state index in [0.717, 1.165) is 24.3 Å². The lowest BCUT2D eigenvalue weighted by Crippen LogP contribution is -2.14. The van der Waals surface area contributed by atoms with Gasteiger partial charge in [-0.2, -0.15) is 0 Å². The molecule has 102 valence electrons. The standard InChI is InChI=1S/C14H21Cl2NO/c1-4-10(3)9-18-14-11(8-17-5-2)6-12(15)7-13(14)16/h6-7,10,17H,4-5,8-9H2,1-3H3. The first-order chi connectivity index (χ1) is 8.58. The SMILES string of the molecule is CCNCc1cc(Cl)cc(Cl)c1OCC(C)CC. The minimum atomic E-state index is 0.517. The van der Waals surface area contributed by atoms with Crippen LogP contribution >= 0.6 is 23.2 Å². The molecule has 0 spiro atoms. The molecule has 0 aliphatic rings. The summed E-state index contributed by atoms with van der Waals surface area (Å²) in [5.74, 6) is 1.27. The van der Waals surface area contributed by atoms with E-state index in [1.807, 2.05) is 6.07 Å². The Bertz CT molecular complexity index is 382. The third-order valence-electron chi connectivity index (χ3n) is 2.86. The summed E-state index contributed by atoms with van der Waals surface area (Å²) in [6, 6.07) is 3.63. The average Bonchev–Trinajstić information content (AvgIpc) is 2.34. The maximum atomic E-state index is 6.20. The van der Waals surface area contributed by atoms with Crippen molar-refractivity contribution in [3.8, 4) is 5.75 Å². The average molecular weight is 290 g/mol. The topological polar surface area (TPSA) is 21.3 Å². The molecule has 0 bridgehead atoms. The van der Waals surface area contributed by atoms with Gasteiger partial charge in [0, 0.05) is 17.1 Å². The normalized spacial score (nSPS) is 12.5. The quantitative estimate of drug-likeness (QED) is 0.796. The number of ether oxygens (including phenoxy) is 1. The van der Waals surface area contributed by atoms with E-state index in [-0.39, 0.29) is 0 Å². The van der Waals surface area contributed by atoms with Crippen molar-refractivity contribution in [3.63, 3.8) is 0 Å². The van der Waals surface area contributed by atoms with Crippen LogP contribution in [0.2, 0.25) is 10.0 Å². The molecule has 1 rings (SSSR count). The fourth-order valence-electron chi connectivity index (χ4n) is 1.51. The van der Waals surface area contributed by atoms with Gasteiger partial charge in [0.2, 0.25) is 0 Å². The summed E-state index contributed by atoms with van der Waals surface area (Å²) in [6.07, 6.45) is 1.09. The summed E-state index contributed by atoms with van der Waals surface area (Å²) < 4.78 is 5.84. The van der Waals surface area contributed by atoms with E-state index < -0.39 is 0 Å². The van der Waals surface area contributed by atoms with Crippen molar-refractivity contribution in [2.45, 2.75) is 33.7 Å². The Morgan fingerprint density at radius 1 is 1.28 bits per heavy atom. The molecule has 0 saturated heterocycles. The molecule has 0 amide bonds. The fourth-order valence-corrected chi connectivity index (χ4v) is 2.10. The Morgan fingerprint density at radius 3 is 2.61 bits per heavy atom. The van der Waals surface area contributed by atoms with Gasteiger partial charge in [0.05, 0.1) is 11.6 Å². The second-order valence-electron chi connectivity index (χ2n) is 4.48. The fraction of sp³-hybridized carbons (Fsp3) is 0.571. The second kappa shape index (κ2) is 7.88. The van der Waals surface area contributed by atoms with Crippen molar-refractivity contribution in [1.29, 1.82) is 0 Å². The van der Waals surface area contributed by atoms with Crippen LogP contribution in [0.25, 0.3) is 0 Å². The summed E-state index contributed by atoms with van der Waals surface area (Å²) in [6.45, 7) is 8.66. The van der Waals surface area contributed by atoms with Crippen LogP contribution in [-0.4, -0.2) is 13.2 Å². The maximum absolute atomic E-state index is 6.20. The number of hydrogen-bond acceptors (Lipinski definition) is 2. The zero-order chi connectivity index (χ0) is 13.5. The number of benzene rings is 1. The Kier molecular flexibility index (Phi) is 6.83. The van der Waals surface area contributed by atoms with Crippen molar-refractivity contribution in [2.24, 2.45) is 5.92 Å². The van der Waals surface area contributed by atoms with Gasteiger partial charge in [-0.25, -0.2) is 0 Å². The van der Waals surface area contributed by atoms with Crippen LogP contribution in [-0.2, 0) is 6.54 Å². The predicted molar refractivity (Wildman–Crippen MR) is 78.8 cm³/mol. The Balaban J connectivity index is 2.85. The number of hydrogen-bond donors (Lipinski definition) is 1. The third kappa shape index (κ3) is 4.68. The molecule has 0 saturated carbocycles. The molecule has 1 atom stereocenters. The van der Waals surface area contributed by atoms with Gasteiger partial charge in [-0.3, -0.25) is 0 Å². The zero-order valence-corrected chi connectivity index (χ0v) is 12.7. The lowest BCUT2D eigenvalue weighted by Gasteiger charge is -2.16. The molecule has 1 aromatic rings. The lowest BCUT2D eigenvalue weighted by atomic mass is 10.1. The highest BCUT2D eigenvalue weighted by Gasteiger charge is 2.11. The molecule has 0 aliphatic carbocycles. The number of rotatable bonds is 7.